The van der Waals surface area contributed by atoms with Gasteiger partial charge in [-0.15, -0.1) is 0 Å². The van der Waals surface area contributed by atoms with Gasteiger partial charge in [0.25, 0.3) is 5.56 Å². The second-order valence-electron chi connectivity index (χ2n) is 6.52. The van der Waals surface area contributed by atoms with Crippen molar-refractivity contribution in [3.63, 3.8) is 0 Å². The Bertz CT molecular complexity index is 937. The fourth-order valence-electron chi connectivity index (χ4n) is 2.56. The summed E-state index contributed by atoms with van der Waals surface area (Å²) in [6.45, 7) is 2.21. The van der Waals surface area contributed by atoms with Crippen LogP contribution >= 0.6 is 0 Å². The molecule has 2 aromatic rings. The lowest BCUT2D eigenvalue weighted by Crippen LogP contribution is -2.45. The molecule has 1 heterocycles. The number of halogens is 4. The highest BCUT2D eigenvalue weighted by molar-refractivity contribution is 5.94. The number of nitrogens with one attached hydrogen (secondary N) is 1. The van der Waals surface area contributed by atoms with Crippen LogP contribution in [-0.4, -0.2) is 33.9 Å². The van der Waals surface area contributed by atoms with E-state index in [1.807, 2.05) is 0 Å². The van der Waals surface area contributed by atoms with Gasteiger partial charge in [-0.2, -0.15) is 13.2 Å². The smallest absolute Gasteiger partial charge is 0.329 e. The number of carbonyl (C=O) groups is 2. The molecule has 0 unspecified atom stereocenters. The number of benzene rings is 1. The number of pyridine rings is 1. The fraction of sp³-hybridized carbons (Fsp3) is 0.316. The molecule has 0 fully saturated rings. The van der Waals surface area contributed by atoms with Gasteiger partial charge in [-0.05, 0) is 50.2 Å². The first-order valence-electron chi connectivity index (χ1n) is 8.60. The highest BCUT2D eigenvalue weighted by atomic mass is 19.4. The first-order valence-corrected chi connectivity index (χ1v) is 8.60. The van der Waals surface area contributed by atoms with E-state index in [4.69, 9.17) is 0 Å². The number of nitrogens with zero attached hydrogens (tertiary/aromatic N) is 2. The lowest BCUT2D eigenvalue weighted by atomic mass is 10.2. The van der Waals surface area contributed by atoms with E-state index in [2.05, 4.69) is 5.32 Å². The summed E-state index contributed by atoms with van der Waals surface area (Å²) in [5.74, 6) is -1.75. The topological polar surface area (TPSA) is 71.4 Å². The van der Waals surface area contributed by atoms with Crippen LogP contribution in [0.5, 0.6) is 0 Å². The molecule has 2 rings (SSSR count). The number of hydrogen-bond donors (Lipinski definition) is 1. The second-order valence-corrected chi connectivity index (χ2v) is 6.52. The number of rotatable bonds is 6. The van der Waals surface area contributed by atoms with Gasteiger partial charge in [-0.3, -0.25) is 14.4 Å². The van der Waals surface area contributed by atoms with Gasteiger partial charge in [0.05, 0.1) is 0 Å². The van der Waals surface area contributed by atoms with Crippen LogP contribution in [0.25, 0.3) is 0 Å². The zero-order valence-electron chi connectivity index (χ0n) is 15.7. The van der Waals surface area contributed by atoms with E-state index in [1.54, 1.807) is 13.8 Å². The Morgan fingerprint density at radius 1 is 1.14 bits per heavy atom. The lowest BCUT2D eigenvalue weighted by molar-refractivity contribution is -0.140. The average Bonchev–Trinajstić information content (AvgIpc) is 2.62. The fourth-order valence-corrected chi connectivity index (χ4v) is 2.56. The molecular formula is C19H19F4N3O3. The normalized spacial score (nSPS) is 11.4. The Labute approximate surface area is 163 Å². The third-order valence-electron chi connectivity index (χ3n) is 4.02. The quantitative estimate of drug-likeness (QED) is 0.741. The molecule has 0 atom stereocenters. The Morgan fingerprint density at radius 2 is 1.76 bits per heavy atom. The largest absolute Gasteiger partial charge is 0.421 e. The van der Waals surface area contributed by atoms with E-state index < -0.39 is 47.5 Å². The van der Waals surface area contributed by atoms with Gasteiger partial charge >= 0.3 is 6.18 Å². The molecule has 0 aliphatic carbocycles. The van der Waals surface area contributed by atoms with Crippen molar-refractivity contribution in [1.29, 1.82) is 0 Å². The molecule has 1 N–H and O–H groups in total. The number of amides is 2. The molecule has 156 valence electrons. The Kier molecular flexibility index (Phi) is 6.78. The van der Waals surface area contributed by atoms with Gasteiger partial charge in [-0.1, -0.05) is 0 Å². The van der Waals surface area contributed by atoms with E-state index in [0.29, 0.717) is 16.3 Å². The van der Waals surface area contributed by atoms with Crippen LogP contribution in [0, 0.1) is 5.82 Å². The minimum atomic E-state index is -4.84. The molecule has 1 aromatic carbocycles. The van der Waals surface area contributed by atoms with Crippen molar-refractivity contribution in [2.75, 3.05) is 11.9 Å². The standard InChI is InChI=1S/C19H19F4N3O3/c1-12(2)26(10-16(27)24-14-7-5-13(20)6-8-14)17(28)11-25-9-3-4-15(18(25)29)19(21,22)23/h3-9,12H,10-11H2,1-2H3,(H,24,27). The van der Waals surface area contributed by atoms with Crippen LogP contribution in [0.15, 0.2) is 47.4 Å². The van der Waals surface area contributed by atoms with E-state index in [-0.39, 0.29) is 6.54 Å². The maximum Gasteiger partial charge on any atom is 0.421 e. The molecule has 6 nitrogen and oxygen atoms in total. The molecule has 0 radical (unpaired) electrons. The zero-order valence-corrected chi connectivity index (χ0v) is 15.7. The first-order chi connectivity index (χ1) is 13.5. The van der Waals surface area contributed by atoms with Crippen molar-refractivity contribution in [2.45, 2.75) is 32.6 Å². The summed E-state index contributed by atoms with van der Waals surface area (Å²) in [4.78, 5) is 37.9. The summed E-state index contributed by atoms with van der Waals surface area (Å²) >= 11 is 0. The van der Waals surface area contributed by atoms with Gasteiger partial charge in [0.1, 0.15) is 24.5 Å². The number of carbonyl (C=O) groups excluding carboxylic acids is 2. The van der Waals surface area contributed by atoms with Crippen LogP contribution < -0.4 is 10.9 Å². The van der Waals surface area contributed by atoms with Crippen molar-refractivity contribution < 1.29 is 27.2 Å². The second kappa shape index (κ2) is 8.89. The van der Waals surface area contributed by atoms with Crippen LogP contribution in [-0.2, 0) is 22.3 Å². The average molecular weight is 413 g/mol. The van der Waals surface area contributed by atoms with Gasteiger partial charge in [0.15, 0.2) is 0 Å². The predicted molar refractivity (Wildman–Crippen MR) is 97.6 cm³/mol. The van der Waals surface area contributed by atoms with Crippen molar-refractivity contribution >= 4 is 17.5 Å². The maximum absolute atomic E-state index is 12.9. The molecule has 0 aliphatic rings. The van der Waals surface area contributed by atoms with Gasteiger partial charge < -0.3 is 14.8 Å². The molecule has 0 spiro atoms. The van der Waals surface area contributed by atoms with E-state index in [0.717, 1.165) is 29.3 Å². The minimum Gasteiger partial charge on any atom is -0.329 e. The van der Waals surface area contributed by atoms with Crippen molar-refractivity contribution in [3.8, 4) is 0 Å². The van der Waals surface area contributed by atoms with E-state index in [1.165, 1.54) is 12.1 Å². The molecule has 2 amide bonds. The summed E-state index contributed by atoms with van der Waals surface area (Å²) in [6, 6.07) is 6.21. The summed E-state index contributed by atoms with van der Waals surface area (Å²) < 4.78 is 52.2. The van der Waals surface area contributed by atoms with E-state index >= 15 is 0 Å². The molecule has 0 saturated carbocycles. The number of alkyl halides is 3. The van der Waals surface area contributed by atoms with Crippen LogP contribution in [0.2, 0.25) is 0 Å². The van der Waals surface area contributed by atoms with Crippen LogP contribution in [0.1, 0.15) is 19.4 Å². The monoisotopic (exact) mass is 413 g/mol. The molecule has 10 heteroatoms. The highest BCUT2D eigenvalue weighted by Crippen LogP contribution is 2.26. The molecule has 29 heavy (non-hydrogen) atoms. The Balaban J connectivity index is 2.13. The van der Waals surface area contributed by atoms with Crippen LogP contribution in [0.3, 0.4) is 0 Å². The highest BCUT2D eigenvalue weighted by Gasteiger charge is 2.34. The summed E-state index contributed by atoms with van der Waals surface area (Å²) in [5.41, 5.74) is -2.40. The molecule has 0 aliphatic heterocycles. The number of anilines is 1. The molecule has 0 saturated heterocycles. The van der Waals surface area contributed by atoms with Crippen molar-refractivity contribution in [2.24, 2.45) is 0 Å². The van der Waals surface area contributed by atoms with Gasteiger partial charge in [0.2, 0.25) is 11.8 Å². The SMILES string of the molecule is CC(C)N(CC(=O)Nc1ccc(F)cc1)C(=O)Cn1cccc(C(F)(F)F)c1=O. The number of aromatic nitrogens is 1. The summed E-state index contributed by atoms with van der Waals surface area (Å²) in [6.07, 6.45) is -3.76. The van der Waals surface area contributed by atoms with E-state index in [9.17, 15) is 31.9 Å². The molecular weight excluding hydrogens is 394 g/mol. The minimum absolute atomic E-state index is 0.321. The lowest BCUT2D eigenvalue weighted by Gasteiger charge is -2.26. The zero-order chi connectivity index (χ0) is 21.8. The molecule has 0 bridgehead atoms. The first kappa shape index (κ1) is 22.1. The summed E-state index contributed by atoms with van der Waals surface area (Å²) in [7, 11) is 0. The van der Waals surface area contributed by atoms with Gasteiger partial charge in [-0.25, -0.2) is 4.39 Å². The third-order valence-corrected chi connectivity index (χ3v) is 4.02. The Morgan fingerprint density at radius 3 is 2.31 bits per heavy atom. The predicted octanol–water partition coefficient (Wildman–Crippen LogP) is 2.88. The third kappa shape index (κ3) is 5.90. The van der Waals surface area contributed by atoms with Crippen molar-refractivity contribution in [1.82, 2.24) is 9.47 Å². The molecule has 1 aromatic heterocycles. The van der Waals surface area contributed by atoms with Gasteiger partial charge in [0, 0.05) is 17.9 Å². The van der Waals surface area contributed by atoms with Crippen LogP contribution in [0.4, 0.5) is 23.2 Å². The number of hydrogen-bond acceptors (Lipinski definition) is 3. The summed E-state index contributed by atoms with van der Waals surface area (Å²) in [5, 5.41) is 2.50. The van der Waals surface area contributed by atoms with Crippen molar-refractivity contribution in [3.05, 3.63) is 64.3 Å². The Hall–Kier alpha value is -3.17. The maximum atomic E-state index is 12.9.